The van der Waals surface area contributed by atoms with E-state index < -0.39 is 0 Å². The van der Waals surface area contributed by atoms with Gasteiger partial charge in [-0.15, -0.1) is 0 Å². The van der Waals surface area contributed by atoms with Gasteiger partial charge in [-0.2, -0.15) is 0 Å². The van der Waals surface area contributed by atoms with Crippen molar-refractivity contribution in [2.75, 3.05) is 18.5 Å². The van der Waals surface area contributed by atoms with Crippen LogP contribution in [0.4, 0.5) is 5.69 Å². The van der Waals surface area contributed by atoms with E-state index in [-0.39, 0.29) is 0 Å². The van der Waals surface area contributed by atoms with E-state index in [1.165, 1.54) is 16.8 Å². The molecule has 0 bridgehead atoms. The van der Waals surface area contributed by atoms with Crippen LogP contribution in [0.2, 0.25) is 0 Å². The van der Waals surface area contributed by atoms with Crippen LogP contribution in [0.1, 0.15) is 31.4 Å². The van der Waals surface area contributed by atoms with Crippen molar-refractivity contribution in [3.63, 3.8) is 0 Å². The van der Waals surface area contributed by atoms with Crippen molar-refractivity contribution in [1.82, 2.24) is 0 Å². The maximum Gasteiger partial charge on any atom is 0.119 e. The third kappa shape index (κ3) is 4.82. The molecule has 0 fully saturated rings. The molecule has 0 aliphatic heterocycles. The van der Waals surface area contributed by atoms with Gasteiger partial charge in [-0.25, -0.2) is 0 Å². The van der Waals surface area contributed by atoms with Crippen LogP contribution in [0.25, 0.3) is 0 Å². The van der Waals surface area contributed by atoms with Crippen LogP contribution in [-0.2, 0) is 12.8 Å². The third-order valence-corrected chi connectivity index (χ3v) is 3.64. The zero-order valence-electron chi connectivity index (χ0n) is 13.1. The van der Waals surface area contributed by atoms with E-state index in [1.807, 2.05) is 0 Å². The van der Waals surface area contributed by atoms with Gasteiger partial charge in [-0.1, -0.05) is 44.2 Å². The van der Waals surface area contributed by atoms with Crippen molar-refractivity contribution in [3.05, 3.63) is 59.7 Å². The number of para-hydroxylation sites is 1. The molecule has 0 amide bonds. The molecule has 0 aromatic heterocycles. The topological polar surface area (TPSA) is 21.3 Å². The number of ether oxygens (including phenoxy) is 1. The molecule has 0 spiro atoms. The Kier molecular flexibility index (Phi) is 6.14. The van der Waals surface area contributed by atoms with E-state index in [4.69, 9.17) is 4.74 Å². The molecule has 0 aliphatic carbocycles. The molecule has 2 rings (SSSR count). The van der Waals surface area contributed by atoms with Crippen LogP contribution < -0.4 is 10.1 Å². The first-order chi connectivity index (χ1) is 10.3. The molecule has 2 aromatic rings. The second-order valence-corrected chi connectivity index (χ2v) is 5.14. The van der Waals surface area contributed by atoms with Crippen LogP contribution in [0.5, 0.6) is 5.75 Å². The molecule has 0 saturated heterocycles. The van der Waals surface area contributed by atoms with E-state index in [0.29, 0.717) is 0 Å². The summed E-state index contributed by atoms with van der Waals surface area (Å²) in [6.45, 7) is 6.02. The summed E-state index contributed by atoms with van der Waals surface area (Å²) in [4.78, 5) is 0. The van der Waals surface area contributed by atoms with E-state index in [0.717, 1.165) is 38.2 Å². The van der Waals surface area contributed by atoms with Crippen molar-refractivity contribution in [2.24, 2.45) is 0 Å². The Labute approximate surface area is 128 Å². The fourth-order valence-corrected chi connectivity index (χ4v) is 2.31. The highest BCUT2D eigenvalue weighted by molar-refractivity contribution is 5.50. The minimum absolute atomic E-state index is 0.743. The van der Waals surface area contributed by atoms with Crippen LogP contribution in [0.15, 0.2) is 48.5 Å². The van der Waals surface area contributed by atoms with Gasteiger partial charge in [0.2, 0.25) is 0 Å². The largest absolute Gasteiger partial charge is 0.494 e. The molecular formula is C19H25NO. The first kappa shape index (κ1) is 15.4. The van der Waals surface area contributed by atoms with Gasteiger partial charge < -0.3 is 10.1 Å². The quantitative estimate of drug-likeness (QED) is 0.709. The number of rotatable bonds is 8. The Hall–Kier alpha value is -1.96. The molecular weight excluding hydrogens is 258 g/mol. The molecule has 21 heavy (non-hydrogen) atoms. The number of nitrogens with one attached hydrogen (secondary N) is 1. The summed E-state index contributed by atoms with van der Waals surface area (Å²) in [5, 5.41) is 3.49. The number of benzene rings is 2. The Morgan fingerprint density at radius 2 is 1.67 bits per heavy atom. The average Bonchev–Trinajstić information content (AvgIpc) is 2.55. The van der Waals surface area contributed by atoms with E-state index in [2.05, 4.69) is 67.7 Å². The zero-order chi connectivity index (χ0) is 14.9. The van der Waals surface area contributed by atoms with Gasteiger partial charge in [0.1, 0.15) is 5.75 Å². The summed E-state index contributed by atoms with van der Waals surface area (Å²) >= 11 is 0. The van der Waals surface area contributed by atoms with Crippen molar-refractivity contribution >= 4 is 5.69 Å². The molecule has 2 nitrogen and oxygen atoms in total. The van der Waals surface area contributed by atoms with Crippen molar-refractivity contribution in [3.8, 4) is 5.75 Å². The minimum atomic E-state index is 0.743. The van der Waals surface area contributed by atoms with E-state index in [9.17, 15) is 0 Å². The highest BCUT2D eigenvalue weighted by Crippen LogP contribution is 2.15. The van der Waals surface area contributed by atoms with Crippen molar-refractivity contribution < 1.29 is 4.74 Å². The van der Waals surface area contributed by atoms with Gasteiger partial charge in [-0.05, 0) is 48.6 Å². The molecule has 2 aromatic carbocycles. The fraction of sp³-hybridized carbons (Fsp3) is 0.368. The molecule has 0 heterocycles. The lowest BCUT2D eigenvalue weighted by Gasteiger charge is -2.11. The van der Waals surface area contributed by atoms with Gasteiger partial charge >= 0.3 is 0 Å². The second kappa shape index (κ2) is 8.35. The molecule has 1 N–H and O–H groups in total. The standard InChI is InChI=1S/C19H25NO/c1-3-16-10-12-18(13-11-16)21-15-7-14-20-19-9-6-5-8-17(19)4-2/h5-6,8-13,20H,3-4,7,14-15H2,1-2H3. The average molecular weight is 283 g/mol. The van der Waals surface area contributed by atoms with Crippen LogP contribution >= 0.6 is 0 Å². The zero-order valence-corrected chi connectivity index (χ0v) is 13.1. The van der Waals surface area contributed by atoms with Gasteiger partial charge in [0.05, 0.1) is 6.61 Å². The molecule has 0 aliphatic rings. The Morgan fingerprint density at radius 1 is 0.905 bits per heavy atom. The van der Waals surface area contributed by atoms with Gasteiger partial charge in [-0.3, -0.25) is 0 Å². The van der Waals surface area contributed by atoms with Crippen LogP contribution in [0.3, 0.4) is 0 Å². The highest BCUT2D eigenvalue weighted by Gasteiger charge is 1.99. The Balaban J connectivity index is 1.70. The summed E-state index contributed by atoms with van der Waals surface area (Å²) in [7, 11) is 0. The van der Waals surface area contributed by atoms with Crippen molar-refractivity contribution in [1.29, 1.82) is 0 Å². The number of aryl methyl sites for hydroxylation is 2. The molecule has 2 heteroatoms. The first-order valence-corrected chi connectivity index (χ1v) is 7.87. The predicted molar refractivity (Wildman–Crippen MR) is 90.2 cm³/mol. The van der Waals surface area contributed by atoms with E-state index >= 15 is 0 Å². The SMILES string of the molecule is CCc1ccc(OCCCNc2ccccc2CC)cc1. The predicted octanol–water partition coefficient (Wildman–Crippen LogP) is 4.69. The summed E-state index contributed by atoms with van der Waals surface area (Å²) in [5.74, 6) is 0.959. The molecule has 0 saturated carbocycles. The highest BCUT2D eigenvalue weighted by atomic mass is 16.5. The lowest BCUT2D eigenvalue weighted by Crippen LogP contribution is -2.08. The van der Waals surface area contributed by atoms with Crippen molar-refractivity contribution in [2.45, 2.75) is 33.1 Å². The summed E-state index contributed by atoms with van der Waals surface area (Å²) in [6.07, 6.45) is 3.12. The van der Waals surface area contributed by atoms with Gasteiger partial charge in [0.25, 0.3) is 0 Å². The minimum Gasteiger partial charge on any atom is -0.494 e. The Morgan fingerprint density at radius 3 is 2.38 bits per heavy atom. The maximum atomic E-state index is 5.76. The molecule has 0 radical (unpaired) electrons. The fourth-order valence-electron chi connectivity index (χ4n) is 2.31. The van der Waals surface area contributed by atoms with Crippen LogP contribution in [-0.4, -0.2) is 13.2 Å². The summed E-state index contributed by atoms with van der Waals surface area (Å²) in [6, 6.07) is 16.9. The number of anilines is 1. The molecule has 112 valence electrons. The third-order valence-electron chi connectivity index (χ3n) is 3.64. The smallest absolute Gasteiger partial charge is 0.119 e. The maximum absolute atomic E-state index is 5.76. The van der Waals surface area contributed by atoms with Gasteiger partial charge in [0, 0.05) is 12.2 Å². The first-order valence-electron chi connectivity index (χ1n) is 7.87. The molecule has 0 unspecified atom stereocenters. The molecule has 0 atom stereocenters. The van der Waals surface area contributed by atoms with Crippen LogP contribution in [0, 0.1) is 0 Å². The lowest BCUT2D eigenvalue weighted by molar-refractivity contribution is 0.315. The Bertz CT molecular complexity index is 534. The monoisotopic (exact) mass is 283 g/mol. The normalized spacial score (nSPS) is 10.4. The summed E-state index contributed by atoms with van der Waals surface area (Å²) in [5.41, 5.74) is 3.96. The van der Waals surface area contributed by atoms with E-state index in [1.54, 1.807) is 0 Å². The second-order valence-electron chi connectivity index (χ2n) is 5.14. The summed E-state index contributed by atoms with van der Waals surface area (Å²) < 4.78 is 5.76. The lowest BCUT2D eigenvalue weighted by atomic mass is 10.1. The van der Waals surface area contributed by atoms with Gasteiger partial charge in [0.15, 0.2) is 0 Å². The number of hydrogen-bond donors (Lipinski definition) is 1. The number of hydrogen-bond acceptors (Lipinski definition) is 2.